The number of aromatic nitrogens is 4. The Kier molecular flexibility index (Phi) is 8.44. The summed E-state index contributed by atoms with van der Waals surface area (Å²) < 4.78 is 14.2. The second-order valence-electron chi connectivity index (χ2n) is 9.54. The van der Waals surface area contributed by atoms with Crippen molar-refractivity contribution in [3.05, 3.63) is 5.82 Å². The van der Waals surface area contributed by atoms with Crippen LogP contribution in [0.3, 0.4) is 0 Å². The molecule has 0 radical (unpaired) electrons. The highest BCUT2D eigenvalue weighted by molar-refractivity contribution is 5.82. The zero-order valence-electron chi connectivity index (χ0n) is 20.8. The third-order valence-corrected chi connectivity index (χ3v) is 6.98. The third-order valence-electron chi connectivity index (χ3n) is 6.98. The molecular weight excluding hydrogens is 410 g/mol. The summed E-state index contributed by atoms with van der Waals surface area (Å²) >= 11 is 0. The predicted molar refractivity (Wildman–Crippen MR) is 120 cm³/mol. The van der Waals surface area contributed by atoms with Crippen molar-refractivity contribution in [2.45, 2.75) is 64.4 Å². The normalized spacial score (nSPS) is 29.2. The minimum Gasteiger partial charge on any atom is -0.463 e. The number of piperidine rings is 1. The number of H-pyrrole nitrogens is 1. The van der Waals surface area contributed by atoms with Gasteiger partial charge in [0.1, 0.15) is 12.6 Å². The maximum atomic E-state index is 12.8. The van der Waals surface area contributed by atoms with Gasteiger partial charge in [0.25, 0.3) is 0 Å². The average Bonchev–Trinajstić information content (AvgIpc) is 3.31. The molecule has 2 aliphatic rings. The van der Waals surface area contributed by atoms with Crippen molar-refractivity contribution < 1.29 is 15.7 Å². The highest BCUT2D eigenvalue weighted by Crippen LogP contribution is 2.40. The Bertz CT molecular complexity index is 778. The number of esters is 1. The van der Waals surface area contributed by atoms with E-state index in [9.17, 15) is 9.59 Å². The van der Waals surface area contributed by atoms with E-state index < -0.39 is 12.0 Å². The summed E-state index contributed by atoms with van der Waals surface area (Å²) in [7, 11) is 3.48. The van der Waals surface area contributed by atoms with Gasteiger partial charge in [0.05, 0.1) is 14.0 Å². The number of amides is 1. The quantitative estimate of drug-likeness (QED) is 0.447. The summed E-state index contributed by atoms with van der Waals surface area (Å²) in [4.78, 5) is 26.9. The Hall–Kier alpha value is -2.07. The van der Waals surface area contributed by atoms with Crippen LogP contribution in [0.2, 0.25) is 0 Å². The van der Waals surface area contributed by atoms with Crippen LogP contribution >= 0.6 is 0 Å². The summed E-state index contributed by atoms with van der Waals surface area (Å²) in [5.74, 6) is 1.68. The van der Waals surface area contributed by atoms with Gasteiger partial charge in [0.15, 0.2) is 5.82 Å². The largest absolute Gasteiger partial charge is 0.463 e. The number of aromatic amines is 1. The number of nitrogens with zero attached hydrogens (tertiary/aromatic N) is 4. The molecule has 1 saturated heterocycles. The van der Waals surface area contributed by atoms with Gasteiger partial charge in [0.2, 0.25) is 5.91 Å². The molecule has 1 amide bonds. The molecule has 2 heterocycles. The number of likely N-dealkylation sites (N-methyl/N-ethyl adjacent to an activating group) is 2. The Labute approximate surface area is 192 Å². The van der Waals surface area contributed by atoms with E-state index in [1.807, 2.05) is 13.8 Å². The number of hydrogen-bond donors (Lipinski definition) is 3. The highest BCUT2D eigenvalue weighted by Gasteiger charge is 2.38. The van der Waals surface area contributed by atoms with Crippen LogP contribution in [0.1, 0.15) is 53.1 Å². The van der Waals surface area contributed by atoms with E-state index >= 15 is 0 Å². The first-order valence-corrected chi connectivity index (χ1v) is 11.8. The van der Waals surface area contributed by atoms with Crippen molar-refractivity contribution in [2.24, 2.45) is 23.7 Å². The third kappa shape index (κ3) is 6.48. The van der Waals surface area contributed by atoms with Crippen molar-refractivity contribution in [3.63, 3.8) is 0 Å². The van der Waals surface area contributed by atoms with Gasteiger partial charge < -0.3 is 20.3 Å². The van der Waals surface area contributed by atoms with Crippen molar-refractivity contribution in [2.75, 3.05) is 33.8 Å². The lowest BCUT2D eigenvalue weighted by Crippen LogP contribution is -2.50. The van der Waals surface area contributed by atoms with Gasteiger partial charge in [-0.05, 0) is 62.9 Å². The SMILES string of the molecule is [2H][C@@]1(C(=O)OCCN(C)C(=O)[C@H](NC)C(C)C)C[C@H]2C[C@@H](CCc3nn[nH]n3)CC[C@H]2CN1. The molecule has 2 fully saturated rings. The standard InChI is InChI=1S/C22H39N7O3/c1-14(2)20(23-3)21(30)29(4)9-10-32-22(31)18-12-17-11-15(5-7-16(17)13-24-18)6-8-19-25-27-28-26-19/h14-18,20,23-24H,5-13H2,1-4H3,(H,25,26,27,28)/t15-,16+,17-,18+,20-/m1/s1/i18D. The smallest absolute Gasteiger partial charge is 0.323 e. The molecule has 10 nitrogen and oxygen atoms in total. The molecule has 5 atom stereocenters. The minimum atomic E-state index is -1.43. The molecular formula is C22H39N7O3. The predicted octanol–water partition coefficient (Wildman–Crippen LogP) is 0.772. The number of aryl methyl sites for hydroxylation is 1. The first-order chi connectivity index (χ1) is 15.7. The van der Waals surface area contributed by atoms with E-state index in [0.29, 0.717) is 37.3 Å². The summed E-state index contributed by atoms with van der Waals surface area (Å²) in [6.45, 7) is 5.02. The summed E-state index contributed by atoms with van der Waals surface area (Å²) in [6, 6.07) is -1.70. The van der Waals surface area contributed by atoms with Crippen LogP contribution in [-0.2, 0) is 20.7 Å². The molecule has 3 rings (SSSR count). The van der Waals surface area contributed by atoms with E-state index in [1.165, 1.54) is 0 Å². The summed E-state index contributed by atoms with van der Waals surface area (Å²) in [5.41, 5.74) is 0. The molecule has 1 saturated carbocycles. The zero-order chi connectivity index (χ0) is 24.0. The second kappa shape index (κ2) is 11.7. The maximum Gasteiger partial charge on any atom is 0.323 e. The molecule has 3 N–H and O–H groups in total. The van der Waals surface area contributed by atoms with E-state index in [4.69, 9.17) is 6.11 Å². The summed E-state index contributed by atoms with van der Waals surface area (Å²) in [5, 5.41) is 20.3. The van der Waals surface area contributed by atoms with Crippen LogP contribution in [0.4, 0.5) is 0 Å². The molecule has 0 spiro atoms. The summed E-state index contributed by atoms with van der Waals surface area (Å²) in [6.07, 6.45) is 5.52. The fraction of sp³-hybridized carbons (Fsp3) is 0.864. The number of tetrazole rings is 1. The first kappa shape index (κ1) is 23.1. The molecule has 1 aliphatic carbocycles. The minimum absolute atomic E-state index is 0.0307. The van der Waals surface area contributed by atoms with Crippen molar-refractivity contribution in [1.82, 2.24) is 36.2 Å². The zero-order valence-corrected chi connectivity index (χ0v) is 19.8. The number of carbonyl (C=O) groups is 2. The molecule has 0 unspecified atom stereocenters. The topological polar surface area (TPSA) is 125 Å². The molecule has 1 aromatic rings. The maximum absolute atomic E-state index is 12.8. The molecule has 180 valence electrons. The number of nitrogens with one attached hydrogen (secondary N) is 3. The van der Waals surface area contributed by atoms with Gasteiger partial charge in [-0.25, -0.2) is 0 Å². The van der Waals surface area contributed by atoms with E-state index in [0.717, 1.165) is 37.9 Å². The Morgan fingerprint density at radius 1 is 1.31 bits per heavy atom. The Morgan fingerprint density at radius 2 is 2.12 bits per heavy atom. The van der Waals surface area contributed by atoms with Gasteiger partial charge in [-0.15, -0.1) is 10.2 Å². The van der Waals surface area contributed by atoms with Crippen LogP contribution in [0.25, 0.3) is 0 Å². The van der Waals surface area contributed by atoms with Gasteiger partial charge >= 0.3 is 5.97 Å². The monoisotopic (exact) mass is 450 g/mol. The van der Waals surface area contributed by atoms with Gasteiger partial charge in [-0.2, -0.15) is 5.21 Å². The molecule has 0 bridgehead atoms. The number of hydrogen-bond acceptors (Lipinski definition) is 8. The lowest BCUT2D eigenvalue weighted by atomic mass is 9.69. The van der Waals surface area contributed by atoms with Crippen LogP contribution in [-0.4, -0.2) is 83.3 Å². The van der Waals surface area contributed by atoms with E-state index in [1.54, 1.807) is 19.0 Å². The van der Waals surface area contributed by atoms with Gasteiger partial charge in [-0.1, -0.05) is 25.5 Å². The van der Waals surface area contributed by atoms with Crippen LogP contribution in [0.5, 0.6) is 0 Å². The molecule has 0 aromatic carbocycles. The first-order valence-electron chi connectivity index (χ1n) is 12.3. The van der Waals surface area contributed by atoms with Crippen molar-refractivity contribution >= 4 is 11.9 Å². The van der Waals surface area contributed by atoms with E-state index in [2.05, 4.69) is 31.3 Å². The second-order valence-corrected chi connectivity index (χ2v) is 9.54. The van der Waals surface area contributed by atoms with Crippen molar-refractivity contribution in [1.29, 1.82) is 0 Å². The number of carbonyl (C=O) groups excluding carboxylic acids is 2. The number of fused-ring (bicyclic) bond motifs is 1. The molecule has 10 heteroatoms. The Morgan fingerprint density at radius 3 is 2.81 bits per heavy atom. The molecule has 32 heavy (non-hydrogen) atoms. The lowest BCUT2D eigenvalue weighted by molar-refractivity contribution is -0.149. The molecule has 1 aromatic heterocycles. The van der Waals surface area contributed by atoms with Crippen LogP contribution in [0, 0.1) is 23.7 Å². The fourth-order valence-electron chi connectivity index (χ4n) is 5.02. The van der Waals surface area contributed by atoms with E-state index in [-0.39, 0.29) is 24.5 Å². The Balaban J connectivity index is 1.46. The number of ether oxygens (including phenoxy) is 1. The fourth-order valence-corrected chi connectivity index (χ4v) is 5.02. The number of rotatable bonds is 10. The average molecular weight is 451 g/mol. The highest BCUT2D eigenvalue weighted by atomic mass is 16.5. The van der Waals surface area contributed by atoms with Gasteiger partial charge in [-0.3, -0.25) is 9.59 Å². The van der Waals surface area contributed by atoms with Gasteiger partial charge in [0, 0.05) is 13.5 Å². The molecule has 1 aliphatic heterocycles. The van der Waals surface area contributed by atoms with Crippen molar-refractivity contribution in [3.8, 4) is 0 Å². The van der Waals surface area contributed by atoms with Crippen LogP contribution in [0.15, 0.2) is 0 Å². The lowest BCUT2D eigenvalue weighted by Gasteiger charge is -2.42. The van der Waals surface area contributed by atoms with Crippen LogP contribution < -0.4 is 10.6 Å².